The molecule has 0 bridgehead atoms. The molecule has 1 aromatic heterocycles. The van der Waals surface area contributed by atoms with E-state index in [1.54, 1.807) is 12.1 Å². The number of amides is 1. The number of benzene rings is 1. The molecule has 0 radical (unpaired) electrons. The number of aromatic amines is 1. The van der Waals surface area contributed by atoms with Crippen LogP contribution in [0.2, 0.25) is 0 Å². The third kappa shape index (κ3) is 4.19. The number of H-pyrrole nitrogens is 1. The highest BCUT2D eigenvalue weighted by Gasteiger charge is 2.26. The molecule has 134 valence electrons. The first-order chi connectivity index (χ1) is 12.0. The second-order valence-corrected chi connectivity index (χ2v) is 6.53. The van der Waals surface area contributed by atoms with Crippen LogP contribution in [0.25, 0.3) is 11.4 Å². The van der Waals surface area contributed by atoms with Gasteiger partial charge in [-0.3, -0.25) is 4.79 Å². The molecule has 1 atom stereocenters. The van der Waals surface area contributed by atoms with Gasteiger partial charge in [0.15, 0.2) is 0 Å². The number of rotatable bonds is 5. The molecule has 1 saturated heterocycles. The van der Waals surface area contributed by atoms with Crippen LogP contribution in [0.5, 0.6) is 0 Å². The first-order valence-corrected chi connectivity index (χ1v) is 8.46. The van der Waals surface area contributed by atoms with E-state index in [2.05, 4.69) is 34.5 Å². The highest BCUT2D eigenvalue weighted by atomic mass is 19.1. The van der Waals surface area contributed by atoms with Crippen molar-refractivity contribution < 1.29 is 13.9 Å². The minimum absolute atomic E-state index is 0.0376. The van der Waals surface area contributed by atoms with Crippen LogP contribution in [0, 0.1) is 11.7 Å². The van der Waals surface area contributed by atoms with E-state index in [9.17, 15) is 9.18 Å². The molecule has 0 saturated carbocycles. The van der Waals surface area contributed by atoms with Gasteiger partial charge in [0, 0.05) is 25.1 Å². The quantitative estimate of drug-likeness (QED) is 0.892. The molecule has 1 N–H and O–H groups in total. The lowest BCUT2D eigenvalue weighted by molar-refractivity contribution is -0.140. The molecule has 2 aromatic rings. The average molecular weight is 347 g/mol. The van der Waals surface area contributed by atoms with Gasteiger partial charge in [-0.2, -0.15) is 5.21 Å². The number of nitrogens with zero attached hydrogens (tertiary/aromatic N) is 4. The van der Waals surface area contributed by atoms with Gasteiger partial charge in [0.1, 0.15) is 5.82 Å². The van der Waals surface area contributed by atoms with E-state index >= 15 is 0 Å². The molecule has 1 aliphatic heterocycles. The molecule has 1 amide bonds. The predicted molar refractivity (Wildman–Crippen MR) is 89.1 cm³/mol. The van der Waals surface area contributed by atoms with Gasteiger partial charge in [-0.05, 0) is 29.2 Å². The third-order valence-electron chi connectivity index (χ3n) is 4.45. The molecule has 2 heterocycles. The first-order valence-electron chi connectivity index (χ1n) is 8.46. The van der Waals surface area contributed by atoms with E-state index < -0.39 is 0 Å². The minimum atomic E-state index is -0.364. The highest BCUT2D eigenvalue weighted by Crippen LogP contribution is 2.20. The number of hydrogen-bond acceptors (Lipinski definition) is 5. The molecular weight excluding hydrogens is 325 g/mol. The molecule has 7 nitrogen and oxygen atoms in total. The van der Waals surface area contributed by atoms with E-state index in [0.717, 1.165) is 0 Å². The fourth-order valence-corrected chi connectivity index (χ4v) is 2.88. The zero-order chi connectivity index (χ0) is 17.8. The molecule has 3 rings (SSSR count). The zero-order valence-electron chi connectivity index (χ0n) is 14.4. The molecule has 0 aliphatic carbocycles. The normalized spacial score (nSPS) is 17.9. The maximum Gasteiger partial charge on any atom is 0.223 e. The van der Waals surface area contributed by atoms with Crippen molar-refractivity contribution in [2.75, 3.05) is 19.7 Å². The van der Waals surface area contributed by atoms with Gasteiger partial charge in [-0.1, -0.05) is 26.0 Å². The van der Waals surface area contributed by atoms with Crippen LogP contribution in [0.1, 0.15) is 25.8 Å². The molecule has 1 aromatic carbocycles. The number of nitrogens with one attached hydrogen (secondary N) is 1. The van der Waals surface area contributed by atoms with Crippen LogP contribution >= 0.6 is 0 Å². The Morgan fingerprint density at radius 1 is 1.48 bits per heavy atom. The van der Waals surface area contributed by atoms with Crippen LogP contribution in [-0.4, -0.2) is 57.2 Å². The van der Waals surface area contributed by atoms with E-state index in [-0.39, 0.29) is 24.2 Å². The standard InChI is InChI=1S/C17H22FN5O2/c1-11(2)15-10-23(7-8-25-15)16(24)6-5-12-3-4-13(9-14(12)18)17-19-21-22-20-17/h3-4,9,11,15H,5-8,10H2,1-2H3,(H,19,20,21,22). The van der Waals surface area contributed by atoms with Gasteiger partial charge in [0.25, 0.3) is 0 Å². The molecule has 1 fully saturated rings. The Kier molecular flexibility index (Phi) is 5.37. The topological polar surface area (TPSA) is 84.0 Å². The number of ether oxygens (including phenoxy) is 1. The third-order valence-corrected chi connectivity index (χ3v) is 4.45. The van der Waals surface area contributed by atoms with Crippen molar-refractivity contribution in [2.24, 2.45) is 5.92 Å². The number of tetrazole rings is 1. The summed E-state index contributed by atoms with van der Waals surface area (Å²) in [7, 11) is 0. The number of carbonyl (C=O) groups is 1. The van der Waals surface area contributed by atoms with Gasteiger partial charge in [-0.15, -0.1) is 10.2 Å². The minimum Gasteiger partial charge on any atom is -0.374 e. The van der Waals surface area contributed by atoms with Crippen molar-refractivity contribution in [3.05, 3.63) is 29.6 Å². The molecule has 8 heteroatoms. The highest BCUT2D eigenvalue weighted by molar-refractivity contribution is 5.76. The summed E-state index contributed by atoms with van der Waals surface area (Å²) >= 11 is 0. The van der Waals surface area contributed by atoms with Crippen LogP contribution in [0.15, 0.2) is 18.2 Å². The second kappa shape index (κ2) is 7.69. The summed E-state index contributed by atoms with van der Waals surface area (Å²) in [5.74, 6) is 0.382. The first kappa shape index (κ1) is 17.5. The van der Waals surface area contributed by atoms with Crippen LogP contribution in [0.4, 0.5) is 4.39 Å². The molecule has 25 heavy (non-hydrogen) atoms. The number of morpholine rings is 1. The number of carbonyl (C=O) groups excluding carboxylic acids is 1. The van der Waals surface area contributed by atoms with Crippen LogP contribution in [-0.2, 0) is 16.0 Å². The average Bonchev–Trinajstić information content (AvgIpc) is 3.15. The number of hydrogen-bond donors (Lipinski definition) is 1. The molecular formula is C17H22FN5O2. The van der Waals surface area contributed by atoms with E-state index in [1.165, 1.54) is 6.07 Å². The van der Waals surface area contributed by atoms with Gasteiger partial charge >= 0.3 is 0 Å². The fraction of sp³-hybridized carbons (Fsp3) is 0.529. The van der Waals surface area contributed by atoms with Crippen molar-refractivity contribution >= 4 is 5.91 Å². The van der Waals surface area contributed by atoms with Gasteiger partial charge in [-0.25, -0.2) is 4.39 Å². The summed E-state index contributed by atoms with van der Waals surface area (Å²) in [6, 6.07) is 4.77. The summed E-state index contributed by atoms with van der Waals surface area (Å²) < 4.78 is 19.9. The number of halogens is 1. The lowest BCUT2D eigenvalue weighted by Crippen LogP contribution is -2.47. The maximum absolute atomic E-state index is 14.3. The lowest BCUT2D eigenvalue weighted by Gasteiger charge is -2.35. The smallest absolute Gasteiger partial charge is 0.223 e. The lowest BCUT2D eigenvalue weighted by atomic mass is 10.0. The van der Waals surface area contributed by atoms with Crippen molar-refractivity contribution in [3.63, 3.8) is 0 Å². The van der Waals surface area contributed by atoms with Crippen LogP contribution < -0.4 is 0 Å². The molecule has 1 aliphatic rings. The Morgan fingerprint density at radius 2 is 2.32 bits per heavy atom. The number of aromatic nitrogens is 4. The monoisotopic (exact) mass is 347 g/mol. The number of aryl methyl sites for hydroxylation is 1. The fourth-order valence-electron chi connectivity index (χ4n) is 2.88. The Hall–Kier alpha value is -2.35. The van der Waals surface area contributed by atoms with E-state index in [0.29, 0.717) is 49.0 Å². The maximum atomic E-state index is 14.3. The van der Waals surface area contributed by atoms with E-state index in [4.69, 9.17) is 4.74 Å². The Balaban J connectivity index is 1.59. The Morgan fingerprint density at radius 3 is 3.00 bits per heavy atom. The SMILES string of the molecule is CC(C)C1CN(C(=O)CCc2ccc(-c3nn[nH]n3)cc2F)CCO1. The van der Waals surface area contributed by atoms with Crippen molar-refractivity contribution in [2.45, 2.75) is 32.8 Å². The van der Waals surface area contributed by atoms with Crippen LogP contribution in [0.3, 0.4) is 0 Å². The Labute approximate surface area is 145 Å². The molecule has 1 unspecified atom stereocenters. The predicted octanol–water partition coefficient (Wildman–Crippen LogP) is 1.82. The van der Waals surface area contributed by atoms with E-state index in [1.807, 2.05) is 4.90 Å². The van der Waals surface area contributed by atoms with Gasteiger partial charge in [0.2, 0.25) is 11.7 Å². The Bertz CT molecular complexity index is 720. The van der Waals surface area contributed by atoms with Crippen molar-refractivity contribution in [3.8, 4) is 11.4 Å². The zero-order valence-corrected chi connectivity index (χ0v) is 14.4. The van der Waals surface area contributed by atoms with Gasteiger partial charge in [0.05, 0.1) is 12.7 Å². The van der Waals surface area contributed by atoms with Crippen molar-refractivity contribution in [1.29, 1.82) is 0 Å². The molecule has 0 spiro atoms. The van der Waals surface area contributed by atoms with Gasteiger partial charge < -0.3 is 9.64 Å². The summed E-state index contributed by atoms with van der Waals surface area (Å²) in [6.45, 7) is 5.93. The summed E-state index contributed by atoms with van der Waals surface area (Å²) in [5, 5.41) is 13.5. The summed E-state index contributed by atoms with van der Waals surface area (Å²) in [6.07, 6.45) is 0.716. The summed E-state index contributed by atoms with van der Waals surface area (Å²) in [4.78, 5) is 14.2. The second-order valence-electron chi connectivity index (χ2n) is 6.53. The van der Waals surface area contributed by atoms with Crippen molar-refractivity contribution in [1.82, 2.24) is 25.5 Å². The summed E-state index contributed by atoms with van der Waals surface area (Å²) in [5.41, 5.74) is 1.06. The largest absolute Gasteiger partial charge is 0.374 e.